The topological polar surface area (TPSA) is 9.23 Å². The highest BCUT2D eigenvalue weighted by Gasteiger charge is 1.87. The number of hydrogen-bond acceptors (Lipinski definition) is 1. The fraction of sp³-hybridized carbons (Fsp3) is 0.750. The first-order chi connectivity index (χ1) is 6.41. The average Bonchev–Trinajstić information content (AvgIpc) is 2.16. The van der Waals surface area contributed by atoms with Crippen molar-refractivity contribution in [1.82, 2.24) is 0 Å². The van der Waals surface area contributed by atoms with Crippen LogP contribution in [0, 0.1) is 18.6 Å². The SMILES string of the molecule is C[CH]OC#CCCCCCCCC. The third-order valence-electron chi connectivity index (χ3n) is 1.90. The van der Waals surface area contributed by atoms with E-state index in [1.807, 2.05) is 6.92 Å². The minimum atomic E-state index is 0.972. The minimum absolute atomic E-state index is 0.972. The summed E-state index contributed by atoms with van der Waals surface area (Å²) in [5.74, 6) is 2.97. The molecule has 0 rings (SSSR count). The average molecular weight is 181 g/mol. The molecule has 1 heteroatoms. The number of unbranched alkanes of at least 4 members (excludes halogenated alkanes) is 6. The second-order valence-electron chi connectivity index (χ2n) is 3.15. The molecule has 1 nitrogen and oxygen atoms in total. The van der Waals surface area contributed by atoms with Gasteiger partial charge >= 0.3 is 0 Å². The van der Waals surface area contributed by atoms with Gasteiger partial charge in [-0.15, -0.1) is 0 Å². The summed E-state index contributed by atoms with van der Waals surface area (Å²) in [7, 11) is 0. The Morgan fingerprint density at radius 2 is 1.77 bits per heavy atom. The number of rotatable bonds is 7. The fourth-order valence-corrected chi connectivity index (χ4v) is 1.15. The predicted octanol–water partition coefficient (Wildman–Crippen LogP) is 3.90. The van der Waals surface area contributed by atoms with Gasteiger partial charge in [0.25, 0.3) is 0 Å². The Balaban J connectivity index is 2.96. The van der Waals surface area contributed by atoms with Crippen LogP contribution < -0.4 is 0 Å². The van der Waals surface area contributed by atoms with Gasteiger partial charge in [0.1, 0.15) is 12.7 Å². The largest absolute Gasteiger partial charge is 0.440 e. The Bertz CT molecular complexity index is 141. The second kappa shape index (κ2) is 11.4. The third kappa shape index (κ3) is 11.4. The van der Waals surface area contributed by atoms with Gasteiger partial charge in [0.15, 0.2) is 0 Å². The molecule has 0 fully saturated rings. The Hall–Kier alpha value is -0.640. The van der Waals surface area contributed by atoms with Crippen molar-refractivity contribution in [2.24, 2.45) is 0 Å². The molecule has 0 heterocycles. The van der Waals surface area contributed by atoms with Crippen molar-refractivity contribution < 1.29 is 4.74 Å². The lowest BCUT2D eigenvalue weighted by atomic mass is 10.1. The van der Waals surface area contributed by atoms with E-state index in [-0.39, 0.29) is 0 Å². The summed E-state index contributed by atoms with van der Waals surface area (Å²) in [5.41, 5.74) is 0. The standard InChI is InChI=1S/C12H21O/c1-3-5-6-7-8-9-10-11-12-13-4-2/h4H,3,5-10H2,1-2H3. The van der Waals surface area contributed by atoms with E-state index in [0.717, 1.165) is 6.42 Å². The zero-order chi connectivity index (χ0) is 9.78. The lowest BCUT2D eigenvalue weighted by Gasteiger charge is -1.96. The van der Waals surface area contributed by atoms with Crippen LogP contribution in [0.2, 0.25) is 0 Å². The van der Waals surface area contributed by atoms with Gasteiger partial charge in [-0.3, -0.25) is 0 Å². The van der Waals surface area contributed by atoms with E-state index in [1.165, 1.54) is 38.5 Å². The van der Waals surface area contributed by atoms with E-state index >= 15 is 0 Å². The molecule has 0 amide bonds. The molecule has 13 heavy (non-hydrogen) atoms. The van der Waals surface area contributed by atoms with E-state index in [0.29, 0.717) is 0 Å². The van der Waals surface area contributed by atoms with Crippen LogP contribution in [-0.2, 0) is 4.74 Å². The van der Waals surface area contributed by atoms with Gasteiger partial charge in [0.05, 0.1) is 0 Å². The number of hydrogen-bond donors (Lipinski definition) is 0. The molecule has 0 bridgehead atoms. The second-order valence-corrected chi connectivity index (χ2v) is 3.15. The smallest absolute Gasteiger partial charge is 0.145 e. The highest BCUT2D eigenvalue weighted by Crippen LogP contribution is 2.05. The summed E-state index contributed by atoms with van der Waals surface area (Å²) in [5, 5.41) is 0. The Kier molecular flexibility index (Phi) is 10.8. The predicted molar refractivity (Wildman–Crippen MR) is 56.8 cm³/mol. The molecule has 0 saturated heterocycles. The summed E-state index contributed by atoms with van der Waals surface area (Å²) in [6.07, 6.45) is 11.6. The molecule has 0 saturated carbocycles. The van der Waals surface area contributed by atoms with Gasteiger partial charge < -0.3 is 4.74 Å². The summed E-state index contributed by atoms with van der Waals surface area (Å²) in [6.45, 7) is 5.68. The molecule has 0 aromatic carbocycles. The van der Waals surface area contributed by atoms with Crippen molar-refractivity contribution in [2.75, 3.05) is 0 Å². The maximum absolute atomic E-state index is 4.79. The normalized spacial score (nSPS) is 9.08. The van der Waals surface area contributed by atoms with Crippen molar-refractivity contribution in [3.8, 4) is 12.0 Å². The minimum Gasteiger partial charge on any atom is -0.440 e. The Labute approximate surface area is 82.9 Å². The van der Waals surface area contributed by atoms with Gasteiger partial charge in [0, 0.05) is 6.42 Å². The lowest BCUT2D eigenvalue weighted by molar-refractivity contribution is 0.374. The van der Waals surface area contributed by atoms with Gasteiger partial charge in [-0.1, -0.05) is 44.9 Å². The van der Waals surface area contributed by atoms with Crippen LogP contribution in [0.25, 0.3) is 0 Å². The zero-order valence-electron chi connectivity index (χ0n) is 8.94. The van der Waals surface area contributed by atoms with E-state index in [1.54, 1.807) is 6.61 Å². The highest BCUT2D eigenvalue weighted by molar-refractivity contribution is 4.91. The Morgan fingerprint density at radius 3 is 2.46 bits per heavy atom. The molecule has 0 aromatic heterocycles. The van der Waals surface area contributed by atoms with Crippen LogP contribution in [0.15, 0.2) is 0 Å². The lowest BCUT2D eigenvalue weighted by Crippen LogP contribution is -1.78. The molecule has 0 N–H and O–H groups in total. The summed E-state index contributed by atoms with van der Waals surface area (Å²) in [6, 6.07) is 0. The first-order valence-electron chi connectivity index (χ1n) is 5.33. The van der Waals surface area contributed by atoms with E-state index in [9.17, 15) is 0 Å². The maximum Gasteiger partial charge on any atom is 0.145 e. The molecule has 0 spiro atoms. The van der Waals surface area contributed by atoms with Crippen LogP contribution in [0.1, 0.15) is 58.8 Å². The van der Waals surface area contributed by atoms with Crippen LogP contribution in [-0.4, -0.2) is 0 Å². The van der Waals surface area contributed by atoms with Gasteiger partial charge in [-0.2, -0.15) is 0 Å². The van der Waals surface area contributed by atoms with Crippen LogP contribution >= 0.6 is 0 Å². The van der Waals surface area contributed by atoms with Crippen molar-refractivity contribution >= 4 is 0 Å². The van der Waals surface area contributed by atoms with Gasteiger partial charge in [-0.25, -0.2) is 0 Å². The molecule has 75 valence electrons. The van der Waals surface area contributed by atoms with Crippen LogP contribution in [0.4, 0.5) is 0 Å². The Morgan fingerprint density at radius 1 is 1.08 bits per heavy atom. The molecule has 0 aliphatic carbocycles. The van der Waals surface area contributed by atoms with Crippen molar-refractivity contribution in [2.45, 2.75) is 58.8 Å². The van der Waals surface area contributed by atoms with Crippen molar-refractivity contribution in [3.63, 3.8) is 0 Å². The molecule has 0 unspecified atom stereocenters. The monoisotopic (exact) mass is 181 g/mol. The molecule has 0 aromatic rings. The summed E-state index contributed by atoms with van der Waals surface area (Å²) >= 11 is 0. The van der Waals surface area contributed by atoms with Gasteiger partial charge in [0.2, 0.25) is 0 Å². The van der Waals surface area contributed by atoms with Crippen LogP contribution in [0.5, 0.6) is 0 Å². The van der Waals surface area contributed by atoms with Crippen molar-refractivity contribution in [3.05, 3.63) is 6.61 Å². The first kappa shape index (κ1) is 12.4. The highest BCUT2D eigenvalue weighted by atomic mass is 16.5. The third-order valence-corrected chi connectivity index (χ3v) is 1.90. The van der Waals surface area contributed by atoms with Crippen molar-refractivity contribution in [1.29, 1.82) is 0 Å². The molecule has 0 atom stereocenters. The fourth-order valence-electron chi connectivity index (χ4n) is 1.15. The number of ether oxygens (including phenoxy) is 1. The van der Waals surface area contributed by atoms with E-state index < -0.39 is 0 Å². The van der Waals surface area contributed by atoms with E-state index in [4.69, 9.17) is 4.74 Å². The summed E-state index contributed by atoms with van der Waals surface area (Å²) < 4.78 is 4.79. The summed E-state index contributed by atoms with van der Waals surface area (Å²) in [4.78, 5) is 0. The van der Waals surface area contributed by atoms with E-state index in [2.05, 4.69) is 19.0 Å². The molecule has 1 radical (unpaired) electrons. The molecular formula is C12H21O. The first-order valence-corrected chi connectivity index (χ1v) is 5.33. The molecule has 0 aliphatic rings. The van der Waals surface area contributed by atoms with Crippen LogP contribution in [0.3, 0.4) is 0 Å². The quantitative estimate of drug-likeness (QED) is 0.427. The molecule has 0 aliphatic heterocycles. The molecular weight excluding hydrogens is 160 g/mol. The maximum atomic E-state index is 4.79. The van der Waals surface area contributed by atoms with Gasteiger partial charge in [-0.05, 0) is 13.3 Å². The zero-order valence-corrected chi connectivity index (χ0v) is 8.94.